The Kier molecular flexibility index (Phi) is 3.80. The number of nitrogens with zero attached hydrogens (tertiary/aromatic N) is 3. The Hall–Kier alpha value is -1.83. The van der Waals surface area contributed by atoms with Crippen LogP contribution < -0.4 is 5.32 Å². The second-order valence-corrected chi connectivity index (χ2v) is 5.70. The van der Waals surface area contributed by atoms with Crippen molar-refractivity contribution in [2.45, 2.75) is 40.5 Å². The molecule has 18 heavy (non-hydrogen) atoms. The molecule has 1 amide bonds. The van der Waals surface area contributed by atoms with Crippen molar-refractivity contribution < 1.29 is 4.79 Å². The fourth-order valence-corrected chi connectivity index (χ4v) is 1.69. The van der Waals surface area contributed by atoms with Crippen molar-refractivity contribution in [1.82, 2.24) is 9.78 Å². The van der Waals surface area contributed by atoms with Crippen LogP contribution in [0.2, 0.25) is 0 Å². The lowest BCUT2D eigenvalue weighted by Gasteiger charge is -2.16. The van der Waals surface area contributed by atoms with E-state index in [0.717, 1.165) is 5.69 Å². The Balaban J connectivity index is 3.17. The summed E-state index contributed by atoms with van der Waals surface area (Å²) < 4.78 is 1.65. The second kappa shape index (κ2) is 4.81. The first-order valence-corrected chi connectivity index (χ1v) is 5.97. The van der Waals surface area contributed by atoms with Gasteiger partial charge in [-0.2, -0.15) is 10.4 Å². The summed E-state index contributed by atoms with van der Waals surface area (Å²) in [6.45, 7) is 9.45. The zero-order valence-corrected chi connectivity index (χ0v) is 11.8. The normalized spacial score (nSPS) is 11.4. The number of rotatable bonds is 2. The van der Waals surface area contributed by atoms with Crippen molar-refractivity contribution in [2.75, 3.05) is 5.32 Å². The van der Waals surface area contributed by atoms with Crippen LogP contribution in [0.4, 0.5) is 5.82 Å². The van der Waals surface area contributed by atoms with Crippen LogP contribution in [0, 0.1) is 16.7 Å². The molecule has 0 atom stereocenters. The lowest BCUT2D eigenvalue weighted by atomic mass is 9.95. The molecular formula is C13H20N4O. The highest BCUT2D eigenvalue weighted by Crippen LogP contribution is 2.26. The molecule has 5 heteroatoms. The van der Waals surface area contributed by atoms with E-state index < -0.39 is 5.41 Å². The molecule has 1 N–H and O–H groups in total. The molecule has 0 saturated carbocycles. The lowest BCUT2D eigenvalue weighted by Crippen LogP contribution is -2.28. The summed E-state index contributed by atoms with van der Waals surface area (Å²) in [5, 5.41) is 16.2. The summed E-state index contributed by atoms with van der Waals surface area (Å²) in [6, 6.07) is 2.13. The van der Waals surface area contributed by atoms with Crippen LogP contribution in [0.15, 0.2) is 0 Å². The summed E-state index contributed by atoms with van der Waals surface area (Å²) >= 11 is 0. The molecule has 1 aromatic heterocycles. The Morgan fingerprint density at radius 2 is 2.00 bits per heavy atom. The maximum Gasteiger partial charge on any atom is 0.230 e. The predicted molar refractivity (Wildman–Crippen MR) is 70.1 cm³/mol. The van der Waals surface area contributed by atoms with Crippen molar-refractivity contribution in [3.05, 3.63) is 11.3 Å². The van der Waals surface area contributed by atoms with Gasteiger partial charge in [0.1, 0.15) is 11.6 Å². The van der Waals surface area contributed by atoms with Crippen LogP contribution in [0.1, 0.15) is 51.8 Å². The van der Waals surface area contributed by atoms with Gasteiger partial charge in [-0.15, -0.1) is 0 Å². The topological polar surface area (TPSA) is 70.7 Å². The molecule has 0 aliphatic heterocycles. The van der Waals surface area contributed by atoms with Gasteiger partial charge in [-0.05, 0) is 5.92 Å². The molecule has 0 fully saturated rings. The first-order valence-electron chi connectivity index (χ1n) is 5.97. The van der Waals surface area contributed by atoms with Gasteiger partial charge in [0.05, 0.1) is 5.69 Å². The molecule has 0 aliphatic carbocycles. The molecule has 0 spiro atoms. The van der Waals surface area contributed by atoms with E-state index in [2.05, 4.69) is 16.5 Å². The maximum absolute atomic E-state index is 11.9. The quantitative estimate of drug-likeness (QED) is 0.873. The summed E-state index contributed by atoms with van der Waals surface area (Å²) in [7, 11) is 1.78. The highest BCUT2D eigenvalue weighted by Gasteiger charge is 2.25. The zero-order chi connectivity index (χ0) is 14.1. The van der Waals surface area contributed by atoms with Gasteiger partial charge in [0.2, 0.25) is 5.91 Å². The van der Waals surface area contributed by atoms with Crippen molar-refractivity contribution >= 4 is 11.7 Å². The average Bonchev–Trinajstić information content (AvgIpc) is 2.52. The third-order valence-corrected chi connectivity index (χ3v) is 2.66. The van der Waals surface area contributed by atoms with E-state index in [1.165, 1.54) is 0 Å². The second-order valence-electron chi connectivity index (χ2n) is 5.70. The van der Waals surface area contributed by atoms with E-state index in [1.54, 1.807) is 11.7 Å². The van der Waals surface area contributed by atoms with Gasteiger partial charge in [0.25, 0.3) is 0 Å². The molecule has 1 aromatic rings. The van der Waals surface area contributed by atoms with E-state index >= 15 is 0 Å². The van der Waals surface area contributed by atoms with Gasteiger partial charge in [-0.1, -0.05) is 34.6 Å². The molecule has 0 saturated heterocycles. The number of aryl methyl sites for hydroxylation is 1. The van der Waals surface area contributed by atoms with Crippen LogP contribution >= 0.6 is 0 Å². The molecular weight excluding hydrogens is 228 g/mol. The molecule has 1 rings (SSSR count). The van der Waals surface area contributed by atoms with Crippen LogP contribution in [0.3, 0.4) is 0 Å². The maximum atomic E-state index is 11.9. The average molecular weight is 248 g/mol. The summed E-state index contributed by atoms with van der Waals surface area (Å²) in [4.78, 5) is 11.9. The minimum atomic E-state index is -0.512. The SMILES string of the molecule is CC(C)c1c(C#N)c(NC(=O)C(C)(C)C)nn1C. The van der Waals surface area contributed by atoms with Crippen LogP contribution in [0.5, 0.6) is 0 Å². The number of anilines is 1. The van der Waals surface area contributed by atoms with Crippen molar-refractivity contribution in [1.29, 1.82) is 5.26 Å². The number of nitrogens with one attached hydrogen (secondary N) is 1. The lowest BCUT2D eigenvalue weighted by molar-refractivity contribution is -0.123. The number of carbonyl (C=O) groups is 1. The van der Waals surface area contributed by atoms with E-state index in [9.17, 15) is 10.1 Å². The van der Waals surface area contributed by atoms with Gasteiger partial charge in [-0.25, -0.2) is 0 Å². The molecule has 0 radical (unpaired) electrons. The molecule has 0 unspecified atom stereocenters. The number of hydrogen-bond acceptors (Lipinski definition) is 3. The van der Waals surface area contributed by atoms with E-state index in [-0.39, 0.29) is 11.8 Å². The van der Waals surface area contributed by atoms with Crippen LogP contribution in [0.25, 0.3) is 0 Å². The largest absolute Gasteiger partial charge is 0.308 e. The van der Waals surface area contributed by atoms with Crippen molar-refractivity contribution in [2.24, 2.45) is 12.5 Å². The van der Waals surface area contributed by atoms with Crippen LogP contribution in [-0.2, 0) is 11.8 Å². The third kappa shape index (κ3) is 2.70. The third-order valence-electron chi connectivity index (χ3n) is 2.66. The Labute approximate surface area is 108 Å². The fourth-order valence-electron chi connectivity index (χ4n) is 1.69. The Bertz CT molecular complexity index is 500. The molecule has 98 valence electrons. The zero-order valence-electron chi connectivity index (χ0n) is 11.8. The molecule has 0 aliphatic rings. The van der Waals surface area contributed by atoms with E-state index in [0.29, 0.717) is 11.4 Å². The monoisotopic (exact) mass is 248 g/mol. The van der Waals surface area contributed by atoms with Crippen molar-refractivity contribution in [3.63, 3.8) is 0 Å². The summed E-state index contributed by atoms with van der Waals surface area (Å²) in [5.74, 6) is 0.383. The number of carbonyl (C=O) groups excluding carboxylic acids is 1. The molecule has 0 aromatic carbocycles. The Morgan fingerprint density at radius 1 is 1.44 bits per heavy atom. The predicted octanol–water partition coefficient (Wildman–Crippen LogP) is 2.40. The van der Waals surface area contributed by atoms with Gasteiger partial charge in [0.15, 0.2) is 5.82 Å². The van der Waals surface area contributed by atoms with Gasteiger partial charge >= 0.3 is 0 Å². The number of aromatic nitrogens is 2. The molecule has 0 bridgehead atoms. The number of hydrogen-bond donors (Lipinski definition) is 1. The first-order chi connectivity index (χ1) is 8.18. The highest BCUT2D eigenvalue weighted by atomic mass is 16.2. The Morgan fingerprint density at radius 3 is 2.39 bits per heavy atom. The number of nitriles is 1. The van der Waals surface area contributed by atoms with Gasteiger partial charge < -0.3 is 5.32 Å². The van der Waals surface area contributed by atoms with Crippen molar-refractivity contribution in [3.8, 4) is 6.07 Å². The highest BCUT2D eigenvalue weighted by molar-refractivity contribution is 5.94. The van der Waals surface area contributed by atoms with Gasteiger partial charge in [0, 0.05) is 12.5 Å². The van der Waals surface area contributed by atoms with E-state index in [1.807, 2.05) is 34.6 Å². The summed E-state index contributed by atoms with van der Waals surface area (Å²) in [6.07, 6.45) is 0. The standard InChI is InChI=1S/C13H20N4O/c1-8(2)10-9(7-14)11(16-17(10)6)15-12(18)13(3,4)5/h8H,1-6H3,(H,15,16,18). The number of amides is 1. The fraction of sp³-hybridized carbons (Fsp3) is 0.615. The van der Waals surface area contributed by atoms with Crippen LogP contribution in [-0.4, -0.2) is 15.7 Å². The van der Waals surface area contributed by atoms with E-state index in [4.69, 9.17) is 0 Å². The first kappa shape index (κ1) is 14.2. The minimum Gasteiger partial charge on any atom is -0.308 e. The van der Waals surface area contributed by atoms with Gasteiger partial charge in [-0.3, -0.25) is 9.48 Å². The molecule has 5 nitrogen and oxygen atoms in total. The minimum absolute atomic E-state index is 0.146. The molecule has 1 heterocycles. The smallest absolute Gasteiger partial charge is 0.230 e. The summed E-state index contributed by atoms with van der Waals surface area (Å²) in [5.41, 5.74) is 0.772.